The largest absolute Gasteiger partial charge is 0.486 e. The third-order valence-electron chi connectivity index (χ3n) is 3.97. The lowest BCUT2D eigenvalue weighted by molar-refractivity contribution is 0.171. The molecule has 1 fully saturated rings. The monoisotopic (exact) mass is 293 g/mol. The van der Waals surface area contributed by atoms with Gasteiger partial charge in [0.25, 0.3) is 0 Å². The summed E-state index contributed by atoms with van der Waals surface area (Å²) in [4.78, 5) is 1.26. The number of hydrogen-bond donors (Lipinski definition) is 1. The number of ether oxygens (including phenoxy) is 2. The van der Waals surface area contributed by atoms with E-state index < -0.39 is 0 Å². The van der Waals surface area contributed by atoms with Gasteiger partial charge >= 0.3 is 0 Å². The van der Waals surface area contributed by atoms with Gasteiger partial charge in [0.2, 0.25) is 0 Å². The first kappa shape index (κ1) is 14.1. The molecule has 0 bridgehead atoms. The van der Waals surface area contributed by atoms with Crippen molar-refractivity contribution in [2.45, 2.75) is 30.6 Å². The summed E-state index contributed by atoms with van der Waals surface area (Å²) >= 11 is 1.88. The van der Waals surface area contributed by atoms with Crippen LogP contribution < -0.4 is 14.8 Å². The minimum atomic E-state index is 0.657. The van der Waals surface area contributed by atoms with Crippen molar-refractivity contribution in [1.82, 2.24) is 5.32 Å². The topological polar surface area (TPSA) is 30.5 Å². The van der Waals surface area contributed by atoms with Gasteiger partial charge in [-0.05, 0) is 43.5 Å². The average molecular weight is 293 g/mol. The highest BCUT2D eigenvalue weighted by molar-refractivity contribution is 7.99. The van der Waals surface area contributed by atoms with E-state index in [1.807, 2.05) is 17.8 Å². The lowest BCUT2D eigenvalue weighted by Gasteiger charge is -2.18. The number of rotatable bonds is 6. The van der Waals surface area contributed by atoms with Crippen LogP contribution in [0.1, 0.15) is 25.7 Å². The summed E-state index contributed by atoms with van der Waals surface area (Å²) < 4.78 is 11.1. The summed E-state index contributed by atoms with van der Waals surface area (Å²) in [7, 11) is 0. The van der Waals surface area contributed by atoms with Crippen LogP contribution in [0, 0.1) is 5.92 Å². The maximum absolute atomic E-state index is 5.61. The fraction of sp³-hybridized carbons (Fsp3) is 0.625. The summed E-state index contributed by atoms with van der Waals surface area (Å²) in [6, 6.07) is 6.23. The summed E-state index contributed by atoms with van der Waals surface area (Å²) in [5.74, 6) is 3.79. The minimum Gasteiger partial charge on any atom is -0.486 e. The molecule has 0 amide bonds. The number of nitrogens with one attached hydrogen (secondary N) is 1. The third kappa shape index (κ3) is 3.83. The van der Waals surface area contributed by atoms with Crippen LogP contribution in [-0.4, -0.2) is 32.1 Å². The van der Waals surface area contributed by atoms with Crippen molar-refractivity contribution in [2.75, 3.05) is 32.1 Å². The summed E-state index contributed by atoms with van der Waals surface area (Å²) in [5, 5.41) is 3.58. The summed E-state index contributed by atoms with van der Waals surface area (Å²) in [6.45, 7) is 3.59. The summed E-state index contributed by atoms with van der Waals surface area (Å²) in [5.41, 5.74) is 0. The Labute approximate surface area is 125 Å². The molecule has 110 valence electrons. The first-order valence-corrected chi connectivity index (χ1v) is 8.63. The maximum Gasteiger partial charge on any atom is 0.162 e. The van der Waals surface area contributed by atoms with Gasteiger partial charge in [-0.25, -0.2) is 0 Å². The molecule has 1 aliphatic heterocycles. The van der Waals surface area contributed by atoms with Crippen molar-refractivity contribution in [2.24, 2.45) is 5.92 Å². The van der Waals surface area contributed by atoms with Crippen molar-refractivity contribution < 1.29 is 9.47 Å². The highest BCUT2D eigenvalue weighted by atomic mass is 32.2. The average Bonchev–Trinajstić information content (AvgIpc) is 3.00. The Bertz CT molecular complexity index is 432. The molecule has 0 saturated heterocycles. The first-order chi connectivity index (χ1) is 9.92. The molecule has 3 rings (SSSR count). The summed E-state index contributed by atoms with van der Waals surface area (Å²) in [6.07, 6.45) is 5.70. The van der Waals surface area contributed by atoms with Gasteiger partial charge in [-0.1, -0.05) is 12.8 Å². The van der Waals surface area contributed by atoms with E-state index in [1.165, 1.54) is 37.1 Å². The zero-order chi connectivity index (χ0) is 13.6. The van der Waals surface area contributed by atoms with E-state index in [-0.39, 0.29) is 0 Å². The van der Waals surface area contributed by atoms with Crippen molar-refractivity contribution in [3.63, 3.8) is 0 Å². The lowest BCUT2D eigenvalue weighted by atomic mass is 10.1. The molecular weight excluding hydrogens is 270 g/mol. The minimum absolute atomic E-state index is 0.657. The van der Waals surface area contributed by atoms with Crippen LogP contribution in [0.5, 0.6) is 11.5 Å². The highest BCUT2D eigenvalue weighted by Crippen LogP contribution is 2.34. The molecule has 4 heteroatoms. The molecule has 0 aromatic heterocycles. The predicted molar refractivity (Wildman–Crippen MR) is 83.0 cm³/mol. The fourth-order valence-corrected chi connectivity index (χ4v) is 3.71. The molecule has 20 heavy (non-hydrogen) atoms. The lowest BCUT2D eigenvalue weighted by Crippen LogP contribution is -2.23. The Morgan fingerprint density at radius 2 is 1.90 bits per heavy atom. The SMILES string of the molecule is c1cc2c(cc1SCCNCC1CCCC1)OCCO2. The van der Waals surface area contributed by atoms with E-state index in [1.54, 1.807) is 0 Å². The van der Waals surface area contributed by atoms with Crippen LogP contribution in [0.2, 0.25) is 0 Å². The van der Waals surface area contributed by atoms with E-state index in [2.05, 4.69) is 17.4 Å². The van der Waals surface area contributed by atoms with Crippen LogP contribution in [0.4, 0.5) is 0 Å². The Hall–Kier alpha value is -0.870. The molecule has 1 aliphatic carbocycles. The Kier molecular flexibility index (Phi) is 5.09. The van der Waals surface area contributed by atoms with Crippen molar-refractivity contribution in [1.29, 1.82) is 0 Å². The van der Waals surface area contributed by atoms with Gasteiger partial charge in [0.1, 0.15) is 13.2 Å². The Balaban J connectivity index is 1.37. The van der Waals surface area contributed by atoms with Gasteiger partial charge < -0.3 is 14.8 Å². The van der Waals surface area contributed by atoms with Crippen molar-refractivity contribution in [3.05, 3.63) is 18.2 Å². The molecule has 0 radical (unpaired) electrons. The molecule has 1 aromatic carbocycles. The van der Waals surface area contributed by atoms with Gasteiger partial charge in [-0.15, -0.1) is 11.8 Å². The molecule has 0 atom stereocenters. The third-order valence-corrected chi connectivity index (χ3v) is 4.96. The zero-order valence-corrected chi connectivity index (χ0v) is 12.7. The maximum atomic E-state index is 5.61. The van der Waals surface area contributed by atoms with Crippen LogP contribution in [0.15, 0.2) is 23.1 Å². The zero-order valence-electron chi connectivity index (χ0n) is 11.9. The quantitative estimate of drug-likeness (QED) is 0.644. The molecule has 1 N–H and O–H groups in total. The normalized spacial score (nSPS) is 18.4. The van der Waals surface area contributed by atoms with E-state index in [0.29, 0.717) is 13.2 Å². The van der Waals surface area contributed by atoms with Gasteiger partial charge in [0.15, 0.2) is 11.5 Å². The predicted octanol–water partition coefficient (Wildman–Crippen LogP) is 3.33. The molecule has 2 aliphatic rings. The molecule has 1 aromatic rings. The van der Waals surface area contributed by atoms with Crippen LogP contribution in [-0.2, 0) is 0 Å². The molecular formula is C16H23NO2S. The van der Waals surface area contributed by atoms with Crippen molar-refractivity contribution in [3.8, 4) is 11.5 Å². The molecule has 3 nitrogen and oxygen atoms in total. The number of benzene rings is 1. The second kappa shape index (κ2) is 7.23. The number of fused-ring (bicyclic) bond motifs is 1. The Morgan fingerprint density at radius 3 is 2.75 bits per heavy atom. The van der Waals surface area contributed by atoms with E-state index in [9.17, 15) is 0 Å². The number of thioether (sulfide) groups is 1. The van der Waals surface area contributed by atoms with Crippen LogP contribution >= 0.6 is 11.8 Å². The van der Waals surface area contributed by atoms with Gasteiger partial charge in [-0.3, -0.25) is 0 Å². The number of hydrogen-bond acceptors (Lipinski definition) is 4. The van der Waals surface area contributed by atoms with Crippen LogP contribution in [0.25, 0.3) is 0 Å². The second-order valence-electron chi connectivity index (χ2n) is 5.51. The second-order valence-corrected chi connectivity index (χ2v) is 6.68. The molecule has 0 unspecified atom stereocenters. The van der Waals surface area contributed by atoms with E-state index >= 15 is 0 Å². The van der Waals surface area contributed by atoms with Gasteiger partial charge in [0, 0.05) is 17.2 Å². The highest BCUT2D eigenvalue weighted by Gasteiger charge is 2.14. The molecule has 1 heterocycles. The van der Waals surface area contributed by atoms with Gasteiger partial charge in [-0.2, -0.15) is 0 Å². The van der Waals surface area contributed by atoms with E-state index in [4.69, 9.17) is 9.47 Å². The van der Waals surface area contributed by atoms with Crippen molar-refractivity contribution >= 4 is 11.8 Å². The smallest absolute Gasteiger partial charge is 0.162 e. The fourth-order valence-electron chi connectivity index (χ4n) is 2.88. The van der Waals surface area contributed by atoms with Gasteiger partial charge in [0.05, 0.1) is 0 Å². The molecule has 1 saturated carbocycles. The Morgan fingerprint density at radius 1 is 1.10 bits per heavy atom. The van der Waals surface area contributed by atoms with Crippen LogP contribution in [0.3, 0.4) is 0 Å². The standard InChI is InChI=1S/C16H23NO2S/c1-2-4-13(3-1)12-17-7-10-20-14-5-6-15-16(11-14)19-9-8-18-15/h5-6,11,13,17H,1-4,7-10,12H2. The van der Waals surface area contributed by atoms with E-state index in [0.717, 1.165) is 29.7 Å². The first-order valence-electron chi connectivity index (χ1n) is 7.65. The molecule has 0 spiro atoms.